The molecule has 3 N–H and O–H groups in total. The summed E-state index contributed by atoms with van der Waals surface area (Å²) >= 11 is 0. The van der Waals surface area contributed by atoms with Crippen LogP contribution in [-0.4, -0.2) is 81.5 Å². The lowest BCUT2D eigenvalue weighted by Crippen LogP contribution is -2.64. The van der Waals surface area contributed by atoms with E-state index in [1.165, 1.54) is 6.42 Å². The Kier molecular flexibility index (Phi) is 8.15. The van der Waals surface area contributed by atoms with Crippen molar-refractivity contribution >= 4 is 19.0 Å². The number of amides is 3. The molecule has 0 radical (unpaired) electrons. The lowest BCUT2D eigenvalue weighted by Gasteiger charge is -2.41. The molecule has 0 bridgehead atoms. The Morgan fingerprint density at radius 1 is 1.27 bits per heavy atom. The van der Waals surface area contributed by atoms with Gasteiger partial charge in [0.15, 0.2) is 0 Å². The number of carbonyl (C=O) groups excluding carboxylic acids is 2. The van der Waals surface area contributed by atoms with Gasteiger partial charge in [-0.25, -0.2) is 9.78 Å². The van der Waals surface area contributed by atoms with Crippen LogP contribution in [0, 0.1) is 0 Å². The second-order valence-electron chi connectivity index (χ2n) is 8.56. The van der Waals surface area contributed by atoms with Crippen molar-refractivity contribution in [3.8, 4) is 0 Å². The van der Waals surface area contributed by atoms with Gasteiger partial charge in [-0.15, -0.1) is 0 Å². The van der Waals surface area contributed by atoms with Crippen LogP contribution in [0.1, 0.15) is 51.5 Å². The zero-order valence-corrected chi connectivity index (χ0v) is 18.2. The number of rotatable bonds is 7. The number of imidazole rings is 1. The van der Waals surface area contributed by atoms with Crippen LogP contribution in [0.4, 0.5) is 4.79 Å². The van der Waals surface area contributed by atoms with E-state index in [1.54, 1.807) is 24.2 Å². The Morgan fingerprint density at radius 2 is 2.03 bits per heavy atom. The van der Waals surface area contributed by atoms with Crippen LogP contribution in [0.3, 0.4) is 0 Å². The number of piperazine rings is 1. The normalized spacial score (nSPS) is 21.8. The van der Waals surface area contributed by atoms with Crippen LogP contribution in [0.5, 0.6) is 0 Å². The van der Waals surface area contributed by atoms with Gasteiger partial charge in [0, 0.05) is 50.7 Å². The number of nitrogens with one attached hydrogen (secondary N) is 2. The molecule has 1 unspecified atom stereocenters. The molecule has 1 aliphatic heterocycles. The highest BCUT2D eigenvalue weighted by Crippen LogP contribution is 2.19. The van der Waals surface area contributed by atoms with Crippen LogP contribution < -0.4 is 10.6 Å². The summed E-state index contributed by atoms with van der Waals surface area (Å²) in [5, 5.41) is 16.1. The summed E-state index contributed by atoms with van der Waals surface area (Å²) in [6.07, 6.45) is 11.7. The SMILES string of the molecule is CB(O)N1CCN(C(=O)NC2CCCCC2)[C@@H](C(=O)NCCC(C)n2ccnc2)C1. The van der Waals surface area contributed by atoms with Crippen molar-refractivity contribution < 1.29 is 14.6 Å². The fourth-order valence-electron chi connectivity index (χ4n) is 4.32. The van der Waals surface area contributed by atoms with Crippen LogP contribution in [0.2, 0.25) is 6.82 Å². The van der Waals surface area contributed by atoms with Crippen molar-refractivity contribution in [1.29, 1.82) is 0 Å². The molecule has 0 aromatic carbocycles. The minimum Gasteiger partial charge on any atom is -0.437 e. The minimum absolute atomic E-state index is 0.168. The predicted octanol–water partition coefficient (Wildman–Crippen LogP) is 1.09. The summed E-state index contributed by atoms with van der Waals surface area (Å²) in [6.45, 7) is 5.59. The number of aromatic nitrogens is 2. The molecular weight excluding hydrogens is 383 g/mol. The fraction of sp³-hybridized carbons (Fsp3) is 0.750. The smallest absolute Gasteiger partial charge is 0.376 e. The third-order valence-electron chi connectivity index (χ3n) is 6.33. The summed E-state index contributed by atoms with van der Waals surface area (Å²) in [4.78, 5) is 33.5. The monoisotopic (exact) mass is 418 g/mol. The van der Waals surface area contributed by atoms with Gasteiger partial charge >= 0.3 is 13.1 Å². The molecule has 166 valence electrons. The molecule has 10 heteroatoms. The quantitative estimate of drug-likeness (QED) is 0.576. The van der Waals surface area contributed by atoms with Crippen molar-refractivity contribution in [2.45, 2.75) is 70.4 Å². The fourth-order valence-corrected chi connectivity index (χ4v) is 4.32. The maximum Gasteiger partial charge on any atom is 0.376 e. The van der Waals surface area contributed by atoms with Crippen LogP contribution >= 0.6 is 0 Å². The summed E-state index contributed by atoms with van der Waals surface area (Å²) in [5.41, 5.74) is 0. The van der Waals surface area contributed by atoms with Crippen molar-refractivity contribution in [2.75, 3.05) is 26.2 Å². The number of urea groups is 1. The van der Waals surface area contributed by atoms with Gasteiger partial charge in [0.05, 0.1) is 6.33 Å². The van der Waals surface area contributed by atoms with E-state index < -0.39 is 13.1 Å². The summed E-state index contributed by atoms with van der Waals surface area (Å²) in [6, 6.07) is -0.362. The molecule has 3 rings (SSSR count). The van der Waals surface area contributed by atoms with E-state index in [0.29, 0.717) is 26.2 Å². The number of hydrogen-bond donors (Lipinski definition) is 3. The Morgan fingerprint density at radius 3 is 2.70 bits per heavy atom. The van der Waals surface area contributed by atoms with Crippen molar-refractivity contribution in [3.05, 3.63) is 18.7 Å². The topological polar surface area (TPSA) is 103 Å². The molecule has 2 heterocycles. The predicted molar refractivity (Wildman–Crippen MR) is 116 cm³/mol. The first-order chi connectivity index (χ1) is 14.5. The first-order valence-electron chi connectivity index (χ1n) is 11.2. The molecule has 1 aromatic heterocycles. The molecule has 30 heavy (non-hydrogen) atoms. The molecule has 1 saturated carbocycles. The zero-order chi connectivity index (χ0) is 21.5. The van der Waals surface area contributed by atoms with Crippen molar-refractivity contribution in [3.63, 3.8) is 0 Å². The van der Waals surface area contributed by atoms with Gasteiger partial charge < -0.3 is 29.9 Å². The Bertz CT molecular complexity index is 680. The lowest BCUT2D eigenvalue weighted by atomic mass is 9.83. The summed E-state index contributed by atoms with van der Waals surface area (Å²) in [7, 11) is -0.648. The van der Waals surface area contributed by atoms with Crippen molar-refractivity contribution in [2.24, 2.45) is 0 Å². The van der Waals surface area contributed by atoms with Gasteiger partial charge in [-0.2, -0.15) is 0 Å². The molecule has 0 spiro atoms. The minimum atomic E-state index is -0.648. The van der Waals surface area contributed by atoms with E-state index in [4.69, 9.17) is 0 Å². The van der Waals surface area contributed by atoms with Gasteiger partial charge in [-0.1, -0.05) is 19.3 Å². The molecule has 1 saturated heterocycles. The molecule has 2 aliphatic rings. The summed E-state index contributed by atoms with van der Waals surface area (Å²) < 4.78 is 2.01. The van der Waals surface area contributed by atoms with Gasteiger partial charge in [-0.3, -0.25) is 4.79 Å². The lowest BCUT2D eigenvalue weighted by molar-refractivity contribution is -0.126. The van der Waals surface area contributed by atoms with Gasteiger partial charge in [-0.05, 0) is 33.0 Å². The maximum absolute atomic E-state index is 13.0. The number of carbonyl (C=O) groups is 2. The average molecular weight is 418 g/mol. The maximum atomic E-state index is 13.0. The largest absolute Gasteiger partial charge is 0.437 e. The molecule has 9 nitrogen and oxygen atoms in total. The number of hydrogen-bond acceptors (Lipinski definition) is 5. The van der Waals surface area contributed by atoms with Gasteiger partial charge in [0.1, 0.15) is 6.04 Å². The average Bonchev–Trinajstić information content (AvgIpc) is 3.29. The Hall–Kier alpha value is -2.07. The molecule has 2 fully saturated rings. The van der Waals surface area contributed by atoms with Crippen LogP contribution in [0.25, 0.3) is 0 Å². The molecule has 2 atom stereocenters. The highest BCUT2D eigenvalue weighted by molar-refractivity contribution is 6.45. The second-order valence-corrected chi connectivity index (χ2v) is 8.56. The van der Waals surface area contributed by atoms with E-state index in [1.807, 2.05) is 15.6 Å². The molecule has 3 amide bonds. The van der Waals surface area contributed by atoms with Gasteiger partial charge in [0.25, 0.3) is 0 Å². The third-order valence-corrected chi connectivity index (χ3v) is 6.33. The molecule has 1 aromatic rings. The highest BCUT2D eigenvalue weighted by Gasteiger charge is 2.37. The van der Waals surface area contributed by atoms with E-state index >= 15 is 0 Å². The summed E-state index contributed by atoms with van der Waals surface area (Å²) in [5.74, 6) is -0.169. The second kappa shape index (κ2) is 10.8. The Labute approximate surface area is 179 Å². The molecular formula is C20H35BN6O3. The first-order valence-corrected chi connectivity index (χ1v) is 11.2. The zero-order valence-electron chi connectivity index (χ0n) is 18.2. The van der Waals surface area contributed by atoms with E-state index in [-0.39, 0.29) is 24.0 Å². The van der Waals surface area contributed by atoms with E-state index in [9.17, 15) is 14.6 Å². The van der Waals surface area contributed by atoms with Crippen molar-refractivity contribution in [1.82, 2.24) is 29.9 Å². The number of nitrogens with zero attached hydrogens (tertiary/aromatic N) is 4. The molecule has 1 aliphatic carbocycles. The highest BCUT2D eigenvalue weighted by atomic mass is 16.2. The Balaban J connectivity index is 1.57. The van der Waals surface area contributed by atoms with Crippen LogP contribution in [-0.2, 0) is 4.79 Å². The van der Waals surface area contributed by atoms with Gasteiger partial charge in [0.2, 0.25) is 5.91 Å². The van der Waals surface area contributed by atoms with Crippen LogP contribution in [0.15, 0.2) is 18.7 Å². The third kappa shape index (κ3) is 5.98. The van der Waals surface area contributed by atoms with E-state index in [2.05, 4.69) is 22.5 Å². The first kappa shape index (κ1) is 22.6. The van der Waals surface area contributed by atoms with E-state index in [0.717, 1.165) is 32.1 Å². The standard InChI is InChI=1S/C20H35BN6O3/c1-16(25-11-10-22-15-25)8-9-23-19(28)18-14-26(21(2)30)12-13-27(18)20(29)24-17-6-4-3-5-7-17/h10-11,15-18,30H,3-9,12-14H2,1-2H3,(H,23,28)(H,24,29)/t16?,18-/m1/s1.